The minimum absolute atomic E-state index is 0.231. The Balaban J connectivity index is 2.18. The zero-order valence-corrected chi connectivity index (χ0v) is 6.10. The van der Waals surface area contributed by atoms with Crippen molar-refractivity contribution in [2.24, 2.45) is 0 Å². The molecule has 0 aromatic rings. The number of hydrogen-bond acceptors (Lipinski definition) is 4. The molecule has 64 valence electrons. The molecule has 1 saturated heterocycles. The van der Waals surface area contributed by atoms with Gasteiger partial charge in [0.15, 0.2) is 6.29 Å². The number of ether oxygens (including phenoxy) is 1. The van der Waals surface area contributed by atoms with Crippen LogP contribution in [0.15, 0.2) is 0 Å². The molecule has 0 bridgehead atoms. The Bertz CT molecular complexity index is 172. The molecular formula is C7H12O4. The van der Waals surface area contributed by atoms with Gasteiger partial charge in [0.1, 0.15) is 6.10 Å². The van der Waals surface area contributed by atoms with Gasteiger partial charge in [-0.1, -0.05) is 0 Å². The van der Waals surface area contributed by atoms with Crippen LogP contribution in [0.5, 0.6) is 0 Å². The Kier molecular flexibility index (Phi) is 1.47. The van der Waals surface area contributed by atoms with E-state index in [2.05, 4.69) is 0 Å². The molecule has 4 atom stereocenters. The van der Waals surface area contributed by atoms with Crippen LogP contribution in [0.4, 0.5) is 0 Å². The molecule has 2 fully saturated rings. The quantitative estimate of drug-likeness (QED) is 0.424. The van der Waals surface area contributed by atoms with Gasteiger partial charge in [0.25, 0.3) is 0 Å². The summed E-state index contributed by atoms with van der Waals surface area (Å²) in [6.07, 6.45) is -0.770. The summed E-state index contributed by atoms with van der Waals surface area (Å²) < 4.78 is 4.96. The maximum absolute atomic E-state index is 9.73. The van der Waals surface area contributed by atoms with E-state index in [1.54, 1.807) is 0 Å². The molecule has 1 aliphatic heterocycles. The average Bonchev–Trinajstić information content (AvgIpc) is 2.32. The fourth-order valence-electron chi connectivity index (χ4n) is 2.00. The van der Waals surface area contributed by atoms with Crippen LogP contribution in [0, 0.1) is 0 Å². The summed E-state index contributed by atoms with van der Waals surface area (Å²) in [6.45, 7) is 0. The molecular weight excluding hydrogens is 148 g/mol. The maximum atomic E-state index is 9.73. The van der Waals surface area contributed by atoms with Gasteiger partial charge in [0.05, 0.1) is 11.7 Å². The summed E-state index contributed by atoms with van der Waals surface area (Å²) in [5.41, 5.74) is -0.973. The number of fused-ring (bicyclic) bond motifs is 1. The Morgan fingerprint density at radius 2 is 2.09 bits per heavy atom. The molecule has 0 aromatic heterocycles. The number of aliphatic hydroxyl groups is 3. The van der Waals surface area contributed by atoms with Gasteiger partial charge in [0, 0.05) is 6.42 Å². The van der Waals surface area contributed by atoms with Crippen LogP contribution in [0.2, 0.25) is 0 Å². The van der Waals surface area contributed by atoms with Gasteiger partial charge in [-0.05, 0) is 12.8 Å². The molecule has 0 radical (unpaired) electrons. The lowest BCUT2D eigenvalue weighted by molar-refractivity contribution is -0.127. The third kappa shape index (κ3) is 0.980. The van der Waals surface area contributed by atoms with E-state index in [4.69, 9.17) is 9.84 Å². The summed E-state index contributed by atoms with van der Waals surface area (Å²) >= 11 is 0. The van der Waals surface area contributed by atoms with Crippen molar-refractivity contribution >= 4 is 0 Å². The maximum Gasteiger partial charge on any atom is 0.158 e. The lowest BCUT2D eigenvalue weighted by Crippen LogP contribution is -2.37. The van der Waals surface area contributed by atoms with Crippen LogP contribution in [-0.2, 0) is 4.74 Å². The van der Waals surface area contributed by atoms with E-state index < -0.39 is 24.1 Å². The molecule has 4 nitrogen and oxygen atoms in total. The van der Waals surface area contributed by atoms with E-state index in [1.165, 1.54) is 0 Å². The first kappa shape index (κ1) is 7.49. The highest BCUT2D eigenvalue weighted by Gasteiger charge is 2.54. The van der Waals surface area contributed by atoms with E-state index in [0.717, 1.165) is 0 Å². The van der Waals surface area contributed by atoms with Crippen molar-refractivity contribution in [3.8, 4) is 0 Å². The lowest BCUT2D eigenvalue weighted by Gasteiger charge is -2.20. The van der Waals surface area contributed by atoms with Crippen LogP contribution >= 0.6 is 0 Å². The fraction of sp³-hybridized carbons (Fsp3) is 1.00. The number of rotatable bonds is 0. The van der Waals surface area contributed by atoms with Gasteiger partial charge in [-0.15, -0.1) is 0 Å². The highest BCUT2D eigenvalue weighted by Crippen LogP contribution is 2.41. The Labute approximate surface area is 64.4 Å². The Morgan fingerprint density at radius 1 is 1.36 bits per heavy atom. The Morgan fingerprint density at radius 3 is 2.73 bits per heavy atom. The highest BCUT2D eigenvalue weighted by molar-refractivity contribution is 5.02. The van der Waals surface area contributed by atoms with Gasteiger partial charge in [-0.3, -0.25) is 0 Å². The Hall–Kier alpha value is -0.160. The van der Waals surface area contributed by atoms with E-state index in [9.17, 15) is 10.2 Å². The standard InChI is InChI=1S/C7H12O4/c8-4-1-2-7(10)3-5(9)11-6(4)7/h4-6,8-10H,1-3H2. The van der Waals surface area contributed by atoms with Crippen LogP contribution in [0.1, 0.15) is 19.3 Å². The largest absolute Gasteiger partial charge is 0.390 e. The van der Waals surface area contributed by atoms with Crippen LogP contribution in [0.25, 0.3) is 0 Å². The van der Waals surface area contributed by atoms with Crippen molar-refractivity contribution in [1.82, 2.24) is 0 Å². The van der Waals surface area contributed by atoms with Crippen molar-refractivity contribution in [2.75, 3.05) is 0 Å². The van der Waals surface area contributed by atoms with Crippen molar-refractivity contribution in [3.63, 3.8) is 0 Å². The van der Waals surface area contributed by atoms with E-state index in [0.29, 0.717) is 12.8 Å². The first-order valence-corrected chi connectivity index (χ1v) is 3.86. The molecule has 3 N–H and O–H groups in total. The molecule has 1 saturated carbocycles. The summed E-state index contributed by atoms with van der Waals surface area (Å²) in [7, 11) is 0. The predicted molar refractivity (Wildman–Crippen MR) is 35.7 cm³/mol. The SMILES string of the molecule is OC1CC2(O)CCC(O)C2O1. The van der Waals surface area contributed by atoms with Crippen molar-refractivity contribution in [1.29, 1.82) is 0 Å². The van der Waals surface area contributed by atoms with E-state index in [1.807, 2.05) is 0 Å². The van der Waals surface area contributed by atoms with E-state index >= 15 is 0 Å². The minimum Gasteiger partial charge on any atom is -0.390 e. The van der Waals surface area contributed by atoms with Crippen LogP contribution in [-0.4, -0.2) is 39.4 Å². The second-order valence-corrected chi connectivity index (χ2v) is 3.43. The fourth-order valence-corrected chi connectivity index (χ4v) is 2.00. The highest BCUT2D eigenvalue weighted by atomic mass is 16.6. The molecule has 0 amide bonds. The predicted octanol–water partition coefficient (Wildman–Crippen LogP) is -1.02. The first-order valence-electron chi connectivity index (χ1n) is 3.86. The van der Waals surface area contributed by atoms with Crippen molar-refractivity contribution in [2.45, 2.75) is 43.4 Å². The second-order valence-electron chi connectivity index (χ2n) is 3.43. The zero-order chi connectivity index (χ0) is 8.06. The third-order valence-corrected chi connectivity index (χ3v) is 2.58. The molecule has 0 spiro atoms. The van der Waals surface area contributed by atoms with E-state index in [-0.39, 0.29) is 6.42 Å². The normalized spacial score (nSPS) is 56.5. The molecule has 2 rings (SSSR count). The molecule has 4 heteroatoms. The summed E-state index contributed by atoms with van der Waals surface area (Å²) in [5.74, 6) is 0. The molecule has 11 heavy (non-hydrogen) atoms. The number of hydrogen-bond donors (Lipinski definition) is 3. The van der Waals surface area contributed by atoms with Crippen molar-refractivity contribution < 1.29 is 20.1 Å². The molecule has 4 unspecified atom stereocenters. The summed E-state index contributed by atoms with van der Waals surface area (Å²) in [5, 5.41) is 28.0. The van der Waals surface area contributed by atoms with Gasteiger partial charge >= 0.3 is 0 Å². The van der Waals surface area contributed by atoms with Gasteiger partial charge in [-0.2, -0.15) is 0 Å². The topological polar surface area (TPSA) is 69.9 Å². The zero-order valence-electron chi connectivity index (χ0n) is 6.10. The third-order valence-electron chi connectivity index (χ3n) is 2.58. The molecule has 2 aliphatic rings. The second kappa shape index (κ2) is 2.17. The average molecular weight is 160 g/mol. The van der Waals surface area contributed by atoms with Gasteiger partial charge in [0.2, 0.25) is 0 Å². The minimum atomic E-state index is -0.973. The monoisotopic (exact) mass is 160 g/mol. The molecule has 1 heterocycles. The summed E-state index contributed by atoms with van der Waals surface area (Å²) in [6, 6.07) is 0. The smallest absolute Gasteiger partial charge is 0.158 e. The molecule has 1 aliphatic carbocycles. The molecule has 0 aromatic carbocycles. The first-order chi connectivity index (χ1) is 5.12. The summed E-state index contributed by atoms with van der Waals surface area (Å²) in [4.78, 5) is 0. The van der Waals surface area contributed by atoms with Gasteiger partial charge in [-0.25, -0.2) is 0 Å². The van der Waals surface area contributed by atoms with Crippen molar-refractivity contribution in [3.05, 3.63) is 0 Å². The van der Waals surface area contributed by atoms with Crippen LogP contribution < -0.4 is 0 Å². The van der Waals surface area contributed by atoms with Gasteiger partial charge < -0.3 is 20.1 Å². The number of aliphatic hydroxyl groups excluding tert-OH is 2. The van der Waals surface area contributed by atoms with Crippen LogP contribution in [0.3, 0.4) is 0 Å². The lowest BCUT2D eigenvalue weighted by atomic mass is 9.98.